The molecule has 1 N–H and O–H groups in total. The van der Waals surface area contributed by atoms with Crippen molar-refractivity contribution in [2.24, 2.45) is 0 Å². The number of para-hydroxylation sites is 1. The van der Waals surface area contributed by atoms with Crippen molar-refractivity contribution in [3.05, 3.63) is 166 Å². The number of pyridine rings is 1. The number of aromatic hydroxyl groups is 1. The number of imidazole rings is 1. The molecule has 2 heterocycles. The second-order valence-electron chi connectivity index (χ2n) is 19.8. The summed E-state index contributed by atoms with van der Waals surface area (Å²) < 4.78 is 38.2. The smallest absolute Gasteiger partial charge is 0.148 e. The Morgan fingerprint density at radius 1 is 0.672 bits per heavy atom. The minimum atomic E-state index is -2.55. The quantitative estimate of drug-likeness (QED) is 0.154. The van der Waals surface area contributed by atoms with Gasteiger partial charge in [-0.05, 0) is 129 Å². The molecule has 0 aliphatic heterocycles. The third-order valence-corrected chi connectivity index (χ3v) is 12.3. The molecule has 0 fully saturated rings. The van der Waals surface area contributed by atoms with Crippen LogP contribution < -0.4 is 0 Å². The van der Waals surface area contributed by atoms with Crippen LogP contribution in [0.4, 0.5) is 0 Å². The summed E-state index contributed by atoms with van der Waals surface area (Å²) in [7, 11) is 0. The summed E-state index contributed by atoms with van der Waals surface area (Å²) in [5.74, 6) is -0.323. The molecule has 0 unspecified atom stereocenters. The maximum atomic E-state index is 11.8. The molecule has 0 radical (unpaired) electrons. The summed E-state index contributed by atoms with van der Waals surface area (Å²) >= 11 is 0. The summed E-state index contributed by atoms with van der Waals surface area (Å²) in [6, 6.07) is 42.4. The van der Waals surface area contributed by atoms with Crippen molar-refractivity contribution < 1.29 is 31.7 Å². The summed E-state index contributed by atoms with van der Waals surface area (Å²) in [6.45, 7) is 22.5. The Morgan fingerprint density at radius 3 is 2.02 bits per heavy atom. The van der Waals surface area contributed by atoms with Gasteiger partial charge in [-0.15, -0.1) is 29.3 Å². The number of benzene rings is 6. The Labute approximate surface area is 401 Å². The van der Waals surface area contributed by atoms with E-state index in [4.69, 9.17) is 15.5 Å². The molecular formula is C59H62N3OPt-. The van der Waals surface area contributed by atoms with Crippen LogP contribution in [0.15, 0.2) is 121 Å². The summed E-state index contributed by atoms with van der Waals surface area (Å²) in [5.41, 5.74) is 15.1. The van der Waals surface area contributed by atoms with Gasteiger partial charge in [0.2, 0.25) is 0 Å². The van der Waals surface area contributed by atoms with E-state index in [0.717, 1.165) is 66.9 Å². The molecule has 0 bridgehead atoms. The zero-order chi connectivity index (χ0) is 48.5. The first-order valence-electron chi connectivity index (χ1n) is 24.1. The van der Waals surface area contributed by atoms with Gasteiger partial charge in [-0.2, -0.15) is 0 Å². The molecule has 2 aromatic heterocycles. The van der Waals surface area contributed by atoms with E-state index in [2.05, 4.69) is 110 Å². The molecule has 8 aromatic rings. The van der Waals surface area contributed by atoms with Crippen LogP contribution in [0.3, 0.4) is 0 Å². The predicted molar refractivity (Wildman–Crippen MR) is 266 cm³/mol. The number of aromatic nitrogens is 3. The van der Waals surface area contributed by atoms with Crippen molar-refractivity contribution in [1.82, 2.24) is 14.5 Å². The first kappa shape index (κ1) is 41.2. The number of phenols is 1. The van der Waals surface area contributed by atoms with Crippen molar-refractivity contribution in [3.63, 3.8) is 0 Å². The van der Waals surface area contributed by atoms with Crippen LogP contribution in [-0.2, 0) is 31.9 Å². The van der Waals surface area contributed by atoms with Gasteiger partial charge in [-0.1, -0.05) is 153 Å². The van der Waals surface area contributed by atoms with E-state index in [1.165, 1.54) is 5.56 Å². The van der Waals surface area contributed by atoms with E-state index in [0.29, 0.717) is 33.7 Å². The Morgan fingerprint density at radius 2 is 1.34 bits per heavy atom. The van der Waals surface area contributed by atoms with Crippen molar-refractivity contribution in [2.75, 3.05) is 0 Å². The second-order valence-corrected chi connectivity index (χ2v) is 19.8. The fraction of sp³-hybridized carbons (Fsp3) is 0.288. The van der Waals surface area contributed by atoms with Gasteiger partial charge in [0.1, 0.15) is 11.6 Å². The van der Waals surface area contributed by atoms with Crippen LogP contribution in [0.25, 0.3) is 72.7 Å². The third-order valence-electron chi connectivity index (χ3n) is 12.3. The zero-order valence-corrected chi connectivity index (χ0v) is 41.5. The molecular weight excluding hydrogens is 962 g/mol. The first-order chi connectivity index (χ1) is 31.3. The molecule has 8 rings (SSSR count). The Kier molecular flexibility index (Phi) is 11.4. The van der Waals surface area contributed by atoms with Gasteiger partial charge < -0.3 is 5.11 Å². The van der Waals surface area contributed by atoms with Crippen molar-refractivity contribution in [3.8, 4) is 67.5 Å². The minimum Gasteiger partial charge on any atom is -0.507 e. The number of rotatable bonds is 8. The largest absolute Gasteiger partial charge is 0.507 e. The van der Waals surface area contributed by atoms with Crippen molar-refractivity contribution >= 4 is 11.0 Å². The molecule has 0 saturated heterocycles. The van der Waals surface area contributed by atoms with E-state index >= 15 is 0 Å². The van der Waals surface area contributed by atoms with Crippen LogP contribution in [0.1, 0.15) is 125 Å². The molecule has 0 saturated carbocycles. The van der Waals surface area contributed by atoms with Crippen LogP contribution in [0.5, 0.6) is 5.75 Å². The molecule has 0 atom stereocenters. The Hall–Kier alpha value is -5.57. The SMILES string of the molecule is [2H]C([2H])([2H])c1cc(-c2c(C(C)C)cccc2C([2H])(C)C)ccc1-n1c(-c2cc(C)cc(C)c2O)nc2c(-c3[c-]c(-c4cc(-c5ccc(C(C)(C)C)cc5)ccn4)cc(C(C)(C)C)c3)cccc21.[Pt]. The predicted octanol–water partition coefficient (Wildman–Crippen LogP) is 16.0. The van der Waals surface area contributed by atoms with Crippen LogP contribution >= 0.6 is 0 Å². The molecule has 6 aromatic carbocycles. The summed E-state index contributed by atoms with van der Waals surface area (Å²) in [5, 5.41) is 11.8. The van der Waals surface area contributed by atoms with Gasteiger partial charge in [0.15, 0.2) is 0 Å². The van der Waals surface area contributed by atoms with E-state index in [9.17, 15) is 5.11 Å². The van der Waals surface area contributed by atoms with Crippen LogP contribution in [-0.4, -0.2) is 19.6 Å². The standard InChI is InChI=1S/C59H62N3O.Pt/c1-35(2)47-16-14-17-48(36(3)4)54(47)42-22-25-52(38(6)30-42)62-53-19-15-18-49(55(53)61-57(62)50-29-37(5)28-39(7)56(50)63)43-31-44(33-46(32-43)59(11,12)13)51-34-41(26-27-60-51)40-20-23-45(24-21-40)58(8,9)10;/h14-30,32-36,63H,1-13H3;/q-1;/i6D3,35D;. The molecule has 330 valence electrons. The molecule has 0 aliphatic carbocycles. The molecule has 4 nitrogen and oxygen atoms in total. The van der Waals surface area contributed by atoms with Gasteiger partial charge in [-0.25, -0.2) is 4.98 Å². The number of hydrogen-bond donors (Lipinski definition) is 1. The van der Waals surface area contributed by atoms with Crippen molar-refractivity contribution in [1.29, 1.82) is 0 Å². The van der Waals surface area contributed by atoms with Gasteiger partial charge in [0.25, 0.3) is 0 Å². The third kappa shape index (κ3) is 8.92. The minimum absolute atomic E-state index is 0. The van der Waals surface area contributed by atoms with Crippen LogP contribution in [0.2, 0.25) is 0 Å². The fourth-order valence-corrected chi connectivity index (χ4v) is 8.75. The van der Waals surface area contributed by atoms with E-state index in [-0.39, 0.29) is 49.1 Å². The molecule has 64 heavy (non-hydrogen) atoms. The van der Waals surface area contributed by atoms with Gasteiger partial charge >= 0.3 is 0 Å². The van der Waals surface area contributed by atoms with E-state index < -0.39 is 12.7 Å². The maximum absolute atomic E-state index is 11.8. The number of phenolic OH excluding ortho intramolecular Hbond substituents is 1. The number of hydrogen-bond acceptors (Lipinski definition) is 3. The molecule has 0 amide bonds. The topological polar surface area (TPSA) is 50.9 Å². The molecule has 0 spiro atoms. The number of fused-ring (bicyclic) bond motifs is 1. The van der Waals surface area contributed by atoms with E-state index in [1.807, 2.05) is 99.1 Å². The van der Waals surface area contributed by atoms with E-state index in [1.54, 1.807) is 6.07 Å². The van der Waals surface area contributed by atoms with Gasteiger partial charge in [-0.3, -0.25) is 9.55 Å². The normalized spacial score (nSPS) is 13.3. The van der Waals surface area contributed by atoms with Crippen LogP contribution in [0, 0.1) is 26.8 Å². The summed E-state index contributed by atoms with van der Waals surface area (Å²) in [6.07, 6.45) is 1.86. The molecule has 0 aliphatic rings. The molecule has 5 heteroatoms. The average molecular weight is 1030 g/mol. The van der Waals surface area contributed by atoms with Gasteiger partial charge in [0, 0.05) is 38.4 Å². The Balaban J connectivity index is 0.00000684. The Bertz CT molecular complexity index is 3180. The average Bonchev–Trinajstić information content (AvgIpc) is 3.65. The van der Waals surface area contributed by atoms with Crippen molar-refractivity contribution in [2.45, 2.75) is 113 Å². The monoisotopic (exact) mass is 1030 g/mol. The second kappa shape index (κ2) is 17.8. The fourth-order valence-electron chi connectivity index (χ4n) is 8.75. The first-order valence-corrected chi connectivity index (χ1v) is 22.1. The maximum Gasteiger partial charge on any atom is 0.148 e. The summed E-state index contributed by atoms with van der Waals surface area (Å²) in [4.78, 5) is 10.3. The number of aryl methyl sites for hydroxylation is 3. The number of nitrogens with zero attached hydrogens (tertiary/aromatic N) is 3. The van der Waals surface area contributed by atoms with Gasteiger partial charge in [0.05, 0.1) is 22.3 Å². The zero-order valence-electron chi connectivity index (χ0n) is 43.2.